The molecule has 92 valence electrons. The SMILES string of the molecule is O=C(CC1CCOc2ccccc21)c1ncn[nH]1. The first-order valence-corrected chi connectivity index (χ1v) is 5.95. The first-order chi connectivity index (χ1) is 8.84. The predicted molar refractivity (Wildman–Crippen MR) is 64.6 cm³/mol. The van der Waals surface area contributed by atoms with Crippen LogP contribution in [0.25, 0.3) is 0 Å². The Kier molecular flexibility index (Phi) is 2.80. The van der Waals surface area contributed by atoms with Gasteiger partial charge in [0.15, 0.2) is 11.6 Å². The number of aromatic nitrogens is 3. The maximum Gasteiger partial charge on any atom is 0.200 e. The number of rotatable bonds is 3. The fourth-order valence-electron chi connectivity index (χ4n) is 2.29. The number of hydrogen-bond donors (Lipinski definition) is 1. The van der Waals surface area contributed by atoms with E-state index in [1.165, 1.54) is 6.33 Å². The molecule has 2 heterocycles. The fourth-order valence-corrected chi connectivity index (χ4v) is 2.29. The molecule has 1 aromatic heterocycles. The summed E-state index contributed by atoms with van der Waals surface area (Å²) in [5.74, 6) is 1.42. The molecule has 0 amide bonds. The van der Waals surface area contributed by atoms with Crippen molar-refractivity contribution in [3.63, 3.8) is 0 Å². The molecule has 1 aliphatic heterocycles. The van der Waals surface area contributed by atoms with Crippen molar-refractivity contribution in [2.45, 2.75) is 18.8 Å². The van der Waals surface area contributed by atoms with E-state index in [-0.39, 0.29) is 11.7 Å². The Balaban J connectivity index is 1.80. The minimum atomic E-state index is -0.00537. The first kappa shape index (κ1) is 11.0. The van der Waals surface area contributed by atoms with Gasteiger partial charge in [-0.2, -0.15) is 5.10 Å². The van der Waals surface area contributed by atoms with Crippen molar-refractivity contribution in [2.24, 2.45) is 0 Å². The van der Waals surface area contributed by atoms with Gasteiger partial charge in [0, 0.05) is 6.42 Å². The van der Waals surface area contributed by atoms with Crippen LogP contribution >= 0.6 is 0 Å². The van der Waals surface area contributed by atoms with Crippen LogP contribution in [0.15, 0.2) is 30.6 Å². The Morgan fingerprint density at radius 2 is 2.33 bits per heavy atom. The van der Waals surface area contributed by atoms with Crippen molar-refractivity contribution in [3.05, 3.63) is 42.0 Å². The highest BCUT2D eigenvalue weighted by Crippen LogP contribution is 2.35. The van der Waals surface area contributed by atoms with Gasteiger partial charge in [-0.25, -0.2) is 4.98 Å². The number of Topliss-reactive ketones (excluding diaryl/α,β-unsaturated/α-hetero) is 1. The Morgan fingerprint density at radius 1 is 1.44 bits per heavy atom. The normalized spacial score (nSPS) is 17.9. The van der Waals surface area contributed by atoms with E-state index >= 15 is 0 Å². The molecule has 0 fully saturated rings. The minimum Gasteiger partial charge on any atom is -0.493 e. The van der Waals surface area contributed by atoms with Gasteiger partial charge in [0.1, 0.15) is 12.1 Å². The van der Waals surface area contributed by atoms with E-state index in [1.54, 1.807) is 0 Å². The summed E-state index contributed by atoms with van der Waals surface area (Å²) < 4.78 is 5.58. The summed E-state index contributed by atoms with van der Waals surface area (Å²) in [6.07, 6.45) is 2.65. The van der Waals surface area contributed by atoms with E-state index in [9.17, 15) is 4.79 Å². The Labute approximate surface area is 104 Å². The van der Waals surface area contributed by atoms with Gasteiger partial charge < -0.3 is 4.74 Å². The molecule has 1 aliphatic rings. The van der Waals surface area contributed by atoms with Gasteiger partial charge in [-0.15, -0.1) is 0 Å². The molecule has 0 aliphatic carbocycles. The average molecular weight is 243 g/mol. The molecule has 0 spiro atoms. The standard InChI is InChI=1S/C13H13N3O2/c17-11(13-14-8-15-16-13)7-9-5-6-18-12-4-2-1-3-10(9)12/h1-4,8-9H,5-7H2,(H,14,15,16). The van der Waals surface area contributed by atoms with Crippen LogP contribution < -0.4 is 4.74 Å². The molecule has 0 saturated heterocycles. The molecular weight excluding hydrogens is 230 g/mol. The molecule has 5 heteroatoms. The number of ketones is 1. The summed E-state index contributed by atoms with van der Waals surface area (Å²) in [4.78, 5) is 15.9. The molecule has 5 nitrogen and oxygen atoms in total. The van der Waals surface area contributed by atoms with E-state index < -0.39 is 0 Å². The third-order valence-electron chi connectivity index (χ3n) is 3.19. The summed E-state index contributed by atoms with van der Waals surface area (Å²) in [5.41, 5.74) is 1.11. The van der Waals surface area contributed by atoms with E-state index in [0.29, 0.717) is 18.9 Å². The van der Waals surface area contributed by atoms with Crippen molar-refractivity contribution in [1.82, 2.24) is 15.2 Å². The van der Waals surface area contributed by atoms with Gasteiger partial charge in [0.25, 0.3) is 0 Å². The van der Waals surface area contributed by atoms with Crippen LogP contribution in [0, 0.1) is 0 Å². The number of benzene rings is 1. The van der Waals surface area contributed by atoms with Gasteiger partial charge in [-0.05, 0) is 24.0 Å². The summed E-state index contributed by atoms with van der Waals surface area (Å²) in [6, 6.07) is 7.88. The molecule has 1 unspecified atom stereocenters. The zero-order valence-corrected chi connectivity index (χ0v) is 9.80. The highest BCUT2D eigenvalue weighted by Gasteiger charge is 2.24. The molecule has 0 saturated carbocycles. The lowest BCUT2D eigenvalue weighted by Gasteiger charge is -2.25. The lowest BCUT2D eigenvalue weighted by Crippen LogP contribution is -2.17. The number of aromatic amines is 1. The lowest BCUT2D eigenvalue weighted by molar-refractivity contribution is 0.0956. The van der Waals surface area contributed by atoms with Crippen molar-refractivity contribution >= 4 is 5.78 Å². The molecule has 0 bridgehead atoms. The lowest BCUT2D eigenvalue weighted by atomic mass is 9.88. The third-order valence-corrected chi connectivity index (χ3v) is 3.19. The second-order valence-corrected chi connectivity index (χ2v) is 4.33. The van der Waals surface area contributed by atoms with Crippen LogP contribution in [0.5, 0.6) is 5.75 Å². The summed E-state index contributed by atoms with van der Waals surface area (Å²) in [7, 11) is 0. The summed E-state index contributed by atoms with van der Waals surface area (Å²) >= 11 is 0. The van der Waals surface area contributed by atoms with E-state index in [0.717, 1.165) is 17.7 Å². The second-order valence-electron chi connectivity index (χ2n) is 4.33. The van der Waals surface area contributed by atoms with Crippen LogP contribution in [0.1, 0.15) is 34.9 Å². The van der Waals surface area contributed by atoms with Crippen molar-refractivity contribution in [2.75, 3.05) is 6.61 Å². The number of H-pyrrole nitrogens is 1. The zero-order valence-electron chi connectivity index (χ0n) is 9.80. The van der Waals surface area contributed by atoms with E-state index in [2.05, 4.69) is 15.2 Å². The molecular formula is C13H13N3O2. The molecule has 1 aromatic carbocycles. The zero-order chi connectivity index (χ0) is 12.4. The Bertz CT molecular complexity index is 551. The Hall–Kier alpha value is -2.17. The predicted octanol–water partition coefficient (Wildman–Crippen LogP) is 1.94. The highest BCUT2D eigenvalue weighted by atomic mass is 16.5. The van der Waals surface area contributed by atoms with Crippen molar-refractivity contribution in [3.8, 4) is 5.75 Å². The topological polar surface area (TPSA) is 67.9 Å². The number of para-hydroxylation sites is 1. The van der Waals surface area contributed by atoms with Gasteiger partial charge in [0.05, 0.1) is 6.61 Å². The number of nitrogens with zero attached hydrogens (tertiary/aromatic N) is 2. The molecule has 0 radical (unpaired) electrons. The molecule has 1 N–H and O–H groups in total. The van der Waals surface area contributed by atoms with Crippen LogP contribution in [0.3, 0.4) is 0 Å². The number of nitrogens with one attached hydrogen (secondary N) is 1. The highest BCUT2D eigenvalue weighted by molar-refractivity contribution is 5.92. The van der Waals surface area contributed by atoms with Gasteiger partial charge in [0.2, 0.25) is 0 Å². The van der Waals surface area contributed by atoms with Gasteiger partial charge in [-0.1, -0.05) is 18.2 Å². The van der Waals surface area contributed by atoms with Crippen LogP contribution in [0.2, 0.25) is 0 Å². The van der Waals surface area contributed by atoms with E-state index in [1.807, 2.05) is 24.3 Å². The monoisotopic (exact) mass is 243 g/mol. The Morgan fingerprint density at radius 3 is 3.17 bits per heavy atom. The fraction of sp³-hybridized carbons (Fsp3) is 0.308. The smallest absolute Gasteiger partial charge is 0.200 e. The largest absolute Gasteiger partial charge is 0.493 e. The quantitative estimate of drug-likeness (QED) is 0.836. The number of hydrogen-bond acceptors (Lipinski definition) is 4. The van der Waals surface area contributed by atoms with E-state index in [4.69, 9.17) is 4.74 Å². The van der Waals surface area contributed by atoms with Crippen LogP contribution in [0.4, 0.5) is 0 Å². The average Bonchev–Trinajstić information content (AvgIpc) is 2.93. The maximum absolute atomic E-state index is 12.0. The van der Waals surface area contributed by atoms with Crippen LogP contribution in [-0.4, -0.2) is 27.6 Å². The first-order valence-electron chi connectivity index (χ1n) is 5.95. The minimum absolute atomic E-state index is 0.00537. The van der Waals surface area contributed by atoms with Crippen LogP contribution in [-0.2, 0) is 0 Å². The third kappa shape index (κ3) is 1.99. The number of ether oxygens (including phenoxy) is 1. The molecule has 18 heavy (non-hydrogen) atoms. The maximum atomic E-state index is 12.0. The molecule has 1 atom stereocenters. The second kappa shape index (κ2) is 4.60. The van der Waals surface area contributed by atoms with Crippen molar-refractivity contribution < 1.29 is 9.53 Å². The summed E-state index contributed by atoms with van der Waals surface area (Å²) in [5, 5.41) is 6.31. The number of fused-ring (bicyclic) bond motifs is 1. The molecule has 3 rings (SSSR count). The van der Waals surface area contributed by atoms with Crippen molar-refractivity contribution in [1.29, 1.82) is 0 Å². The summed E-state index contributed by atoms with van der Waals surface area (Å²) in [6.45, 7) is 0.658. The number of carbonyl (C=O) groups is 1. The van der Waals surface area contributed by atoms with Gasteiger partial charge >= 0.3 is 0 Å². The van der Waals surface area contributed by atoms with Gasteiger partial charge in [-0.3, -0.25) is 9.89 Å². The molecule has 2 aromatic rings. The number of carbonyl (C=O) groups excluding carboxylic acids is 1.